The van der Waals surface area contributed by atoms with E-state index in [1.807, 2.05) is 13.0 Å². The molecule has 3 atom stereocenters. The first-order valence-corrected chi connectivity index (χ1v) is 8.34. The van der Waals surface area contributed by atoms with Gasteiger partial charge in [0.25, 0.3) is 0 Å². The Bertz CT molecular complexity index is 687. The van der Waals surface area contributed by atoms with Crippen molar-refractivity contribution in [1.82, 2.24) is 9.88 Å². The van der Waals surface area contributed by atoms with Gasteiger partial charge in [-0.2, -0.15) is 0 Å². The van der Waals surface area contributed by atoms with Crippen LogP contribution in [0.4, 0.5) is 21.0 Å². The molecule has 25 heavy (non-hydrogen) atoms. The van der Waals surface area contributed by atoms with Crippen LogP contribution in [-0.2, 0) is 9.47 Å². The Kier molecular flexibility index (Phi) is 4.22. The first-order chi connectivity index (χ1) is 11.7. The van der Waals surface area contributed by atoms with Crippen molar-refractivity contribution in [2.45, 2.75) is 45.4 Å². The van der Waals surface area contributed by atoms with Crippen LogP contribution in [0.2, 0.25) is 0 Å². The molecule has 0 saturated carbocycles. The number of aromatic nitrogens is 1. The number of carbonyl (C=O) groups excluding carboxylic acids is 2. The lowest BCUT2D eigenvalue weighted by Crippen LogP contribution is -2.56. The van der Waals surface area contributed by atoms with Crippen molar-refractivity contribution in [3.05, 3.63) is 18.5 Å². The average Bonchev–Trinajstić information content (AvgIpc) is 2.82. The number of nitrogens with two attached hydrogens (primary N) is 1. The lowest BCUT2D eigenvalue weighted by atomic mass is 9.92. The molecule has 2 saturated heterocycles. The zero-order chi connectivity index (χ0) is 18.4. The Balaban J connectivity index is 1.86. The summed E-state index contributed by atoms with van der Waals surface area (Å²) >= 11 is 0. The average molecular weight is 348 g/mol. The number of amides is 2. The molecule has 3 rings (SSSR count). The van der Waals surface area contributed by atoms with Crippen LogP contribution in [0.15, 0.2) is 18.5 Å². The molecule has 8 heteroatoms. The van der Waals surface area contributed by atoms with E-state index in [9.17, 15) is 9.59 Å². The molecule has 1 unspecified atom stereocenters. The number of rotatable bonds is 1. The van der Waals surface area contributed by atoms with Crippen molar-refractivity contribution in [1.29, 1.82) is 0 Å². The van der Waals surface area contributed by atoms with Crippen molar-refractivity contribution < 1.29 is 19.1 Å². The molecule has 0 aromatic carbocycles. The van der Waals surface area contributed by atoms with Crippen LogP contribution < -0.4 is 10.6 Å². The maximum absolute atomic E-state index is 12.5. The SMILES string of the molecule is C[C@@H]1CN(c2ccncc2N)C[C@@H]2C1OC(=O)N2C(=O)OC(C)(C)C. The van der Waals surface area contributed by atoms with E-state index < -0.39 is 23.8 Å². The van der Waals surface area contributed by atoms with Crippen LogP contribution in [0.3, 0.4) is 0 Å². The minimum absolute atomic E-state index is 0.0442. The van der Waals surface area contributed by atoms with Crippen LogP contribution in [0.1, 0.15) is 27.7 Å². The largest absolute Gasteiger partial charge is 0.443 e. The second-order valence-electron chi connectivity index (χ2n) is 7.58. The number of nitrogens with zero attached hydrogens (tertiary/aromatic N) is 3. The molecule has 2 amide bonds. The highest BCUT2D eigenvalue weighted by atomic mass is 16.6. The molecule has 136 valence electrons. The van der Waals surface area contributed by atoms with Gasteiger partial charge in [0.15, 0.2) is 0 Å². The van der Waals surface area contributed by atoms with Gasteiger partial charge in [-0.1, -0.05) is 6.92 Å². The molecule has 8 nitrogen and oxygen atoms in total. The van der Waals surface area contributed by atoms with Gasteiger partial charge >= 0.3 is 12.2 Å². The number of carbonyl (C=O) groups is 2. The number of nitrogen functional groups attached to an aromatic ring is 1. The fourth-order valence-corrected chi connectivity index (χ4v) is 3.37. The Morgan fingerprint density at radius 1 is 1.40 bits per heavy atom. The molecular weight excluding hydrogens is 324 g/mol. The number of piperidine rings is 1. The summed E-state index contributed by atoms with van der Waals surface area (Å²) in [6.07, 6.45) is 1.58. The van der Waals surface area contributed by atoms with E-state index in [4.69, 9.17) is 15.2 Å². The maximum atomic E-state index is 12.5. The van der Waals surface area contributed by atoms with E-state index in [-0.39, 0.29) is 12.0 Å². The van der Waals surface area contributed by atoms with Crippen molar-refractivity contribution in [3.8, 4) is 0 Å². The molecule has 0 aliphatic carbocycles. The first-order valence-electron chi connectivity index (χ1n) is 8.34. The van der Waals surface area contributed by atoms with Crippen molar-refractivity contribution in [2.75, 3.05) is 23.7 Å². The Morgan fingerprint density at radius 2 is 2.12 bits per heavy atom. The zero-order valence-electron chi connectivity index (χ0n) is 14.9. The highest BCUT2D eigenvalue weighted by molar-refractivity contribution is 5.90. The quantitative estimate of drug-likeness (QED) is 0.831. The number of anilines is 2. The number of hydrogen-bond acceptors (Lipinski definition) is 7. The Morgan fingerprint density at radius 3 is 2.76 bits per heavy atom. The third kappa shape index (κ3) is 3.33. The number of pyridine rings is 1. The van der Waals surface area contributed by atoms with Gasteiger partial charge in [0.1, 0.15) is 17.7 Å². The van der Waals surface area contributed by atoms with Crippen molar-refractivity contribution in [2.24, 2.45) is 5.92 Å². The van der Waals surface area contributed by atoms with Crippen LogP contribution in [0, 0.1) is 5.92 Å². The van der Waals surface area contributed by atoms with Crippen LogP contribution in [0.25, 0.3) is 0 Å². The van der Waals surface area contributed by atoms with Crippen molar-refractivity contribution >= 4 is 23.6 Å². The molecule has 0 radical (unpaired) electrons. The van der Waals surface area contributed by atoms with Gasteiger partial charge in [0.2, 0.25) is 0 Å². The van der Waals surface area contributed by atoms with Gasteiger partial charge in [-0.3, -0.25) is 4.98 Å². The monoisotopic (exact) mass is 348 g/mol. The van der Waals surface area contributed by atoms with E-state index in [1.165, 1.54) is 0 Å². The smallest absolute Gasteiger partial charge is 0.420 e. The summed E-state index contributed by atoms with van der Waals surface area (Å²) in [6.45, 7) is 8.39. The summed E-state index contributed by atoms with van der Waals surface area (Å²) in [5.41, 5.74) is 6.74. The first kappa shape index (κ1) is 17.3. The van der Waals surface area contributed by atoms with Gasteiger partial charge in [-0.05, 0) is 26.8 Å². The molecule has 2 aliphatic heterocycles. The highest BCUT2D eigenvalue weighted by Crippen LogP contribution is 2.35. The third-order valence-corrected chi connectivity index (χ3v) is 4.38. The summed E-state index contributed by atoms with van der Waals surface area (Å²) in [7, 11) is 0. The Labute approximate surface area is 146 Å². The fraction of sp³-hybridized carbons (Fsp3) is 0.588. The summed E-state index contributed by atoms with van der Waals surface area (Å²) in [5, 5.41) is 0. The van der Waals surface area contributed by atoms with Gasteiger partial charge < -0.3 is 20.1 Å². The molecule has 0 spiro atoms. The lowest BCUT2D eigenvalue weighted by molar-refractivity contribution is 0.0275. The topological polar surface area (TPSA) is 98.0 Å². The molecule has 0 bridgehead atoms. The summed E-state index contributed by atoms with van der Waals surface area (Å²) in [6, 6.07) is 1.41. The third-order valence-electron chi connectivity index (χ3n) is 4.38. The van der Waals surface area contributed by atoms with E-state index in [0.717, 1.165) is 10.6 Å². The van der Waals surface area contributed by atoms with Gasteiger partial charge in [0, 0.05) is 25.2 Å². The van der Waals surface area contributed by atoms with Gasteiger partial charge in [-0.25, -0.2) is 14.5 Å². The molecular formula is C17H24N4O4. The second-order valence-corrected chi connectivity index (χ2v) is 7.58. The highest BCUT2D eigenvalue weighted by Gasteiger charge is 2.52. The number of hydrogen-bond donors (Lipinski definition) is 1. The molecule has 2 N–H and O–H groups in total. The zero-order valence-corrected chi connectivity index (χ0v) is 14.9. The standard InChI is InChI=1S/C17H24N4O4/c1-10-8-20(12-5-6-19-7-11(12)18)9-13-14(10)24-15(22)21(13)16(23)25-17(2,3)4/h5-7,10,13-14H,8-9,18H2,1-4H3/t10-,13-,14?/m1/s1. The summed E-state index contributed by atoms with van der Waals surface area (Å²) in [4.78, 5) is 31.9. The normalized spacial score (nSPS) is 26.2. The minimum atomic E-state index is -0.690. The molecule has 1 aromatic rings. The van der Waals surface area contributed by atoms with Crippen LogP contribution >= 0.6 is 0 Å². The second kappa shape index (κ2) is 6.09. The van der Waals surface area contributed by atoms with E-state index >= 15 is 0 Å². The van der Waals surface area contributed by atoms with E-state index in [0.29, 0.717) is 18.8 Å². The molecule has 2 fully saturated rings. The van der Waals surface area contributed by atoms with E-state index in [2.05, 4.69) is 9.88 Å². The maximum Gasteiger partial charge on any atom is 0.420 e. The van der Waals surface area contributed by atoms with Crippen LogP contribution in [-0.4, -0.2) is 52.9 Å². The number of fused-ring (bicyclic) bond motifs is 1. The molecule has 3 heterocycles. The number of imide groups is 1. The minimum Gasteiger partial charge on any atom is -0.443 e. The molecule has 1 aromatic heterocycles. The van der Waals surface area contributed by atoms with Crippen molar-refractivity contribution in [3.63, 3.8) is 0 Å². The predicted octanol–water partition coefficient (Wildman–Crippen LogP) is 2.24. The van der Waals surface area contributed by atoms with Gasteiger partial charge in [0.05, 0.1) is 17.6 Å². The summed E-state index contributed by atoms with van der Waals surface area (Å²) in [5.74, 6) is 0.0442. The Hall–Kier alpha value is -2.51. The van der Waals surface area contributed by atoms with E-state index in [1.54, 1.807) is 33.2 Å². The summed E-state index contributed by atoms with van der Waals surface area (Å²) < 4.78 is 10.8. The lowest BCUT2D eigenvalue weighted by Gasteiger charge is -2.40. The predicted molar refractivity (Wildman–Crippen MR) is 92.2 cm³/mol. The van der Waals surface area contributed by atoms with Gasteiger partial charge in [-0.15, -0.1) is 0 Å². The number of ether oxygens (including phenoxy) is 2. The van der Waals surface area contributed by atoms with Crippen LogP contribution in [0.5, 0.6) is 0 Å². The molecule has 2 aliphatic rings. The fourth-order valence-electron chi connectivity index (χ4n) is 3.37.